The average Bonchev–Trinajstić information content (AvgIpc) is 2.43. The number of aromatic hydroxyl groups is 1. The van der Waals surface area contributed by atoms with Crippen LogP contribution in [0.15, 0.2) is 42.5 Å². The first-order valence-corrected chi connectivity index (χ1v) is 5.89. The Morgan fingerprint density at radius 1 is 1.25 bits per heavy atom. The van der Waals surface area contributed by atoms with E-state index in [1.54, 1.807) is 0 Å². The minimum Gasteiger partial charge on any atom is -0.506 e. The fraction of sp³-hybridized carbons (Fsp3) is 0. The van der Waals surface area contributed by atoms with Crippen LogP contribution in [0.25, 0.3) is 0 Å². The number of carbonyl (C=O) groups is 1. The van der Waals surface area contributed by atoms with Gasteiger partial charge in [-0.25, -0.2) is 0 Å². The number of halogens is 1. The molecule has 2 rings (SSSR count). The molecule has 7 heteroatoms. The number of nitro benzene ring substituents is 1. The fourth-order valence-electron chi connectivity index (χ4n) is 1.55. The Kier molecular flexibility index (Phi) is 3.86. The Hall–Kier alpha value is -2.60. The van der Waals surface area contributed by atoms with Crippen molar-refractivity contribution in [3.8, 4) is 5.75 Å². The lowest BCUT2D eigenvalue weighted by molar-refractivity contribution is -0.384. The summed E-state index contributed by atoms with van der Waals surface area (Å²) in [7, 11) is 0. The van der Waals surface area contributed by atoms with Crippen LogP contribution >= 0.6 is 11.6 Å². The molecular formula is C13H9ClN2O4. The van der Waals surface area contributed by atoms with Crippen LogP contribution in [0, 0.1) is 10.1 Å². The minimum absolute atomic E-state index is 0.147. The highest BCUT2D eigenvalue weighted by molar-refractivity contribution is 6.32. The van der Waals surface area contributed by atoms with E-state index >= 15 is 0 Å². The fourth-order valence-corrected chi connectivity index (χ4v) is 1.67. The summed E-state index contributed by atoms with van der Waals surface area (Å²) in [5, 5.41) is 22.7. The molecule has 20 heavy (non-hydrogen) atoms. The average molecular weight is 293 g/mol. The zero-order valence-electron chi connectivity index (χ0n) is 10.0. The molecule has 0 aliphatic heterocycles. The molecule has 0 spiro atoms. The van der Waals surface area contributed by atoms with Crippen molar-refractivity contribution in [2.75, 3.05) is 5.32 Å². The van der Waals surface area contributed by atoms with Crippen LogP contribution in [0.2, 0.25) is 5.02 Å². The predicted octanol–water partition coefficient (Wildman–Crippen LogP) is 3.21. The van der Waals surface area contributed by atoms with Gasteiger partial charge in [0.2, 0.25) is 0 Å². The van der Waals surface area contributed by atoms with E-state index < -0.39 is 10.8 Å². The van der Waals surface area contributed by atoms with Crippen LogP contribution in [0.4, 0.5) is 11.4 Å². The Bertz CT molecular complexity index is 688. The van der Waals surface area contributed by atoms with Crippen molar-refractivity contribution in [3.05, 3.63) is 63.2 Å². The van der Waals surface area contributed by atoms with E-state index in [2.05, 4.69) is 5.32 Å². The molecule has 0 saturated heterocycles. The van der Waals surface area contributed by atoms with Crippen LogP contribution in [-0.2, 0) is 0 Å². The molecule has 2 aromatic carbocycles. The Morgan fingerprint density at radius 3 is 2.65 bits per heavy atom. The zero-order chi connectivity index (χ0) is 14.7. The van der Waals surface area contributed by atoms with Gasteiger partial charge in [0.25, 0.3) is 11.6 Å². The summed E-state index contributed by atoms with van der Waals surface area (Å²) in [4.78, 5) is 22.0. The number of non-ortho nitro benzene ring substituents is 1. The maximum Gasteiger partial charge on any atom is 0.270 e. The van der Waals surface area contributed by atoms with Gasteiger partial charge in [0.15, 0.2) is 0 Å². The molecule has 0 fully saturated rings. The number of nitro groups is 1. The van der Waals surface area contributed by atoms with E-state index in [1.165, 1.54) is 42.5 Å². The van der Waals surface area contributed by atoms with Crippen molar-refractivity contribution in [1.82, 2.24) is 0 Å². The SMILES string of the molecule is O=C(Nc1ccc(Cl)c(O)c1)c1cccc([N+](=O)[O-])c1. The molecule has 0 saturated carbocycles. The van der Waals surface area contributed by atoms with Crippen molar-refractivity contribution < 1.29 is 14.8 Å². The summed E-state index contributed by atoms with van der Waals surface area (Å²) in [6, 6.07) is 9.58. The van der Waals surface area contributed by atoms with Crippen molar-refractivity contribution in [1.29, 1.82) is 0 Å². The molecule has 2 N–H and O–H groups in total. The van der Waals surface area contributed by atoms with Crippen molar-refractivity contribution >= 4 is 28.9 Å². The van der Waals surface area contributed by atoms with Crippen molar-refractivity contribution in [3.63, 3.8) is 0 Å². The number of amides is 1. The number of carbonyl (C=O) groups excluding carboxylic acids is 1. The lowest BCUT2D eigenvalue weighted by atomic mass is 10.2. The number of benzene rings is 2. The van der Waals surface area contributed by atoms with Crippen LogP contribution in [0.1, 0.15) is 10.4 Å². The second-order valence-corrected chi connectivity index (χ2v) is 4.33. The standard InChI is InChI=1S/C13H9ClN2O4/c14-11-5-4-9(7-12(11)17)15-13(18)8-2-1-3-10(6-8)16(19)20/h1-7,17H,(H,15,18). The quantitative estimate of drug-likeness (QED) is 0.671. The molecular weight excluding hydrogens is 284 g/mol. The van der Waals surface area contributed by atoms with E-state index in [0.29, 0.717) is 5.69 Å². The normalized spacial score (nSPS) is 10.1. The van der Waals surface area contributed by atoms with Gasteiger partial charge < -0.3 is 10.4 Å². The lowest BCUT2D eigenvalue weighted by Crippen LogP contribution is -2.11. The third kappa shape index (κ3) is 3.04. The number of nitrogens with one attached hydrogen (secondary N) is 1. The first kappa shape index (κ1) is 13.8. The van der Waals surface area contributed by atoms with Crippen molar-refractivity contribution in [2.24, 2.45) is 0 Å². The minimum atomic E-state index is -0.578. The van der Waals surface area contributed by atoms with Gasteiger partial charge in [0, 0.05) is 29.4 Å². The number of nitrogens with zero attached hydrogens (tertiary/aromatic N) is 1. The summed E-state index contributed by atoms with van der Waals surface area (Å²) < 4.78 is 0. The Balaban J connectivity index is 2.21. The zero-order valence-corrected chi connectivity index (χ0v) is 10.8. The number of phenolic OH excluding ortho intramolecular Hbond substituents is 1. The first-order valence-electron chi connectivity index (χ1n) is 5.51. The topological polar surface area (TPSA) is 92.5 Å². The predicted molar refractivity (Wildman–Crippen MR) is 74.2 cm³/mol. The number of hydrogen-bond donors (Lipinski definition) is 2. The molecule has 0 aliphatic carbocycles. The summed E-state index contributed by atoms with van der Waals surface area (Å²) >= 11 is 5.65. The highest BCUT2D eigenvalue weighted by Gasteiger charge is 2.12. The van der Waals surface area contributed by atoms with Gasteiger partial charge in [-0.05, 0) is 18.2 Å². The molecule has 0 atom stereocenters. The van der Waals surface area contributed by atoms with Gasteiger partial charge in [0.05, 0.1) is 9.95 Å². The van der Waals surface area contributed by atoms with E-state index in [4.69, 9.17) is 11.6 Å². The summed E-state index contributed by atoms with van der Waals surface area (Å²) in [5.41, 5.74) is 0.314. The van der Waals surface area contributed by atoms with Crippen LogP contribution in [-0.4, -0.2) is 15.9 Å². The summed E-state index contributed by atoms with van der Waals surface area (Å²) in [6.45, 7) is 0. The van der Waals surface area contributed by atoms with Crippen LogP contribution in [0.5, 0.6) is 5.75 Å². The van der Waals surface area contributed by atoms with Gasteiger partial charge >= 0.3 is 0 Å². The second kappa shape index (κ2) is 5.58. The third-order valence-corrected chi connectivity index (χ3v) is 2.84. The van der Waals surface area contributed by atoms with Crippen molar-refractivity contribution in [2.45, 2.75) is 0 Å². The van der Waals surface area contributed by atoms with Gasteiger partial charge in [0.1, 0.15) is 5.75 Å². The number of rotatable bonds is 3. The van der Waals surface area contributed by atoms with E-state index in [9.17, 15) is 20.0 Å². The van der Waals surface area contributed by atoms with E-state index in [1.807, 2.05) is 0 Å². The maximum atomic E-state index is 11.9. The number of anilines is 1. The Labute approximate surface area is 118 Å². The molecule has 0 heterocycles. The van der Waals surface area contributed by atoms with Crippen LogP contribution in [0.3, 0.4) is 0 Å². The summed E-state index contributed by atoms with van der Waals surface area (Å²) in [5.74, 6) is -0.682. The van der Waals surface area contributed by atoms with Gasteiger partial charge in [-0.2, -0.15) is 0 Å². The highest BCUT2D eigenvalue weighted by Crippen LogP contribution is 2.26. The second-order valence-electron chi connectivity index (χ2n) is 3.93. The Morgan fingerprint density at radius 2 is 2.00 bits per heavy atom. The highest BCUT2D eigenvalue weighted by atomic mass is 35.5. The van der Waals surface area contributed by atoms with E-state index in [-0.39, 0.29) is 22.0 Å². The molecule has 0 radical (unpaired) electrons. The molecule has 0 bridgehead atoms. The molecule has 102 valence electrons. The number of phenols is 1. The van der Waals surface area contributed by atoms with Gasteiger partial charge in [-0.15, -0.1) is 0 Å². The largest absolute Gasteiger partial charge is 0.506 e. The monoisotopic (exact) mass is 292 g/mol. The van der Waals surface area contributed by atoms with Gasteiger partial charge in [-0.1, -0.05) is 17.7 Å². The third-order valence-electron chi connectivity index (χ3n) is 2.52. The number of hydrogen-bond acceptors (Lipinski definition) is 4. The molecule has 0 aliphatic rings. The first-order chi connectivity index (χ1) is 9.47. The molecule has 1 amide bonds. The molecule has 2 aromatic rings. The van der Waals surface area contributed by atoms with Crippen LogP contribution < -0.4 is 5.32 Å². The summed E-state index contributed by atoms with van der Waals surface area (Å²) in [6.07, 6.45) is 0. The molecule has 6 nitrogen and oxygen atoms in total. The maximum absolute atomic E-state index is 11.9. The lowest BCUT2D eigenvalue weighted by Gasteiger charge is -2.06. The molecule has 0 unspecified atom stereocenters. The van der Waals surface area contributed by atoms with Gasteiger partial charge in [-0.3, -0.25) is 14.9 Å². The molecule has 0 aromatic heterocycles. The smallest absolute Gasteiger partial charge is 0.270 e. The van der Waals surface area contributed by atoms with E-state index in [0.717, 1.165) is 0 Å².